The van der Waals surface area contributed by atoms with E-state index in [9.17, 15) is 0 Å². The Hall–Kier alpha value is -2.72. The molecule has 0 spiro atoms. The Morgan fingerprint density at radius 2 is 1.70 bits per heavy atom. The van der Waals surface area contributed by atoms with Gasteiger partial charge in [0.1, 0.15) is 0 Å². The van der Waals surface area contributed by atoms with Crippen molar-refractivity contribution >= 4 is 0 Å². The first-order chi connectivity index (χ1) is 16.1. The third kappa shape index (κ3) is 4.81. The molecule has 0 bridgehead atoms. The van der Waals surface area contributed by atoms with Crippen LogP contribution in [0.1, 0.15) is 73.2 Å². The molecule has 4 nitrogen and oxygen atoms in total. The molecule has 33 heavy (non-hydrogen) atoms. The van der Waals surface area contributed by atoms with Crippen LogP contribution in [-0.4, -0.2) is 28.5 Å². The van der Waals surface area contributed by atoms with Gasteiger partial charge in [0.05, 0.1) is 6.61 Å². The van der Waals surface area contributed by atoms with Crippen molar-refractivity contribution < 1.29 is 4.74 Å². The van der Waals surface area contributed by atoms with Gasteiger partial charge in [-0.25, -0.2) is 4.98 Å². The van der Waals surface area contributed by atoms with E-state index >= 15 is 0 Å². The maximum atomic E-state index is 6.11. The van der Waals surface area contributed by atoms with E-state index in [0.29, 0.717) is 12.6 Å². The second-order valence-electron chi connectivity index (χ2n) is 9.03. The highest BCUT2D eigenvalue weighted by Crippen LogP contribution is 2.36. The molecule has 0 aliphatic heterocycles. The lowest BCUT2D eigenvalue weighted by Crippen LogP contribution is -2.28. The van der Waals surface area contributed by atoms with Crippen molar-refractivity contribution in [2.24, 2.45) is 0 Å². The van der Waals surface area contributed by atoms with Crippen molar-refractivity contribution in [2.75, 3.05) is 13.7 Å². The van der Waals surface area contributed by atoms with Gasteiger partial charge in [-0.1, -0.05) is 56.3 Å². The molecule has 2 aromatic carbocycles. The summed E-state index contributed by atoms with van der Waals surface area (Å²) in [5.41, 5.74) is 8.80. The van der Waals surface area contributed by atoms with E-state index in [1.807, 2.05) is 6.92 Å². The van der Waals surface area contributed by atoms with E-state index < -0.39 is 0 Å². The van der Waals surface area contributed by atoms with Crippen molar-refractivity contribution in [3.63, 3.8) is 0 Å². The predicted octanol–water partition coefficient (Wildman–Crippen LogP) is 6.48. The molecule has 1 aliphatic carbocycles. The van der Waals surface area contributed by atoms with E-state index in [1.165, 1.54) is 47.1 Å². The fourth-order valence-electron chi connectivity index (χ4n) is 5.20. The Morgan fingerprint density at radius 3 is 2.39 bits per heavy atom. The first-order valence-electron chi connectivity index (χ1n) is 12.5. The first-order valence-corrected chi connectivity index (χ1v) is 12.5. The van der Waals surface area contributed by atoms with E-state index in [1.54, 1.807) is 0 Å². The van der Waals surface area contributed by atoms with Crippen molar-refractivity contribution in [1.29, 1.82) is 0 Å². The van der Waals surface area contributed by atoms with Crippen LogP contribution in [0.25, 0.3) is 11.4 Å². The maximum Gasteiger partial charge on any atom is 0.221 e. The Kier molecular flexibility index (Phi) is 7.44. The van der Waals surface area contributed by atoms with Crippen LogP contribution in [0.2, 0.25) is 0 Å². The molecular formula is C29H37N3O. The lowest BCUT2D eigenvalue weighted by molar-refractivity contribution is 0.207. The summed E-state index contributed by atoms with van der Waals surface area (Å²) < 4.78 is 6.11. The van der Waals surface area contributed by atoms with Crippen LogP contribution in [-0.2, 0) is 25.8 Å². The number of ether oxygens (including phenoxy) is 1. The lowest BCUT2D eigenvalue weighted by Gasteiger charge is -2.33. The number of rotatable bonds is 8. The highest BCUT2D eigenvalue weighted by atomic mass is 16.5. The van der Waals surface area contributed by atoms with Gasteiger partial charge in [0.15, 0.2) is 5.82 Å². The molecule has 0 saturated carbocycles. The summed E-state index contributed by atoms with van der Waals surface area (Å²) in [6.45, 7) is 9.89. The average molecular weight is 444 g/mol. The molecule has 0 N–H and O–H groups in total. The molecule has 1 atom stereocenters. The molecule has 0 fully saturated rings. The van der Waals surface area contributed by atoms with Gasteiger partial charge in [0.2, 0.25) is 5.88 Å². The number of fused-ring (bicyclic) bond motifs is 1. The molecule has 1 aliphatic rings. The largest absolute Gasteiger partial charge is 0.478 e. The van der Waals surface area contributed by atoms with Crippen LogP contribution in [0.3, 0.4) is 0 Å². The monoisotopic (exact) mass is 443 g/mol. The molecule has 174 valence electrons. The minimum atomic E-state index is 0.413. The highest BCUT2D eigenvalue weighted by molar-refractivity contribution is 5.66. The number of hydrogen-bond acceptors (Lipinski definition) is 4. The van der Waals surface area contributed by atoms with Crippen LogP contribution in [0.4, 0.5) is 0 Å². The highest BCUT2D eigenvalue weighted by Gasteiger charge is 2.26. The van der Waals surface area contributed by atoms with Crippen molar-refractivity contribution in [1.82, 2.24) is 14.9 Å². The average Bonchev–Trinajstić information content (AvgIpc) is 2.85. The third-order valence-electron chi connectivity index (χ3n) is 6.96. The van der Waals surface area contributed by atoms with Gasteiger partial charge in [-0.15, -0.1) is 0 Å². The van der Waals surface area contributed by atoms with Crippen LogP contribution >= 0.6 is 0 Å². The van der Waals surface area contributed by atoms with Gasteiger partial charge in [0.25, 0.3) is 0 Å². The molecular weight excluding hydrogens is 406 g/mol. The van der Waals surface area contributed by atoms with Crippen LogP contribution < -0.4 is 4.74 Å². The van der Waals surface area contributed by atoms with Crippen molar-refractivity contribution in [3.05, 3.63) is 76.0 Å². The second kappa shape index (κ2) is 10.5. The molecule has 1 aromatic heterocycles. The van der Waals surface area contributed by atoms with Gasteiger partial charge in [0, 0.05) is 29.4 Å². The number of aromatic nitrogens is 2. The van der Waals surface area contributed by atoms with E-state index in [4.69, 9.17) is 14.7 Å². The van der Waals surface area contributed by atoms with Gasteiger partial charge in [-0.05, 0) is 75.3 Å². The predicted molar refractivity (Wildman–Crippen MR) is 136 cm³/mol. The van der Waals surface area contributed by atoms with Crippen LogP contribution in [0.5, 0.6) is 5.88 Å². The second-order valence-corrected chi connectivity index (χ2v) is 9.03. The molecule has 0 amide bonds. The smallest absolute Gasteiger partial charge is 0.221 e. The summed E-state index contributed by atoms with van der Waals surface area (Å²) in [5.74, 6) is 1.52. The van der Waals surface area contributed by atoms with E-state index in [0.717, 1.165) is 42.3 Å². The van der Waals surface area contributed by atoms with Crippen LogP contribution in [0.15, 0.2) is 42.5 Å². The molecule has 0 radical (unpaired) electrons. The molecule has 3 aromatic rings. The fraction of sp³-hybridized carbons (Fsp3) is 0.448. The Bertz CT molecular complexity index is 1090. The number of benzene rings is 2. The van der Waals surface area contributed by atoms with Crippen molar-refractivity contribution in [2.45, 2.75) is 72.4 Å². The first kappa shape index (κ1) is 23.4. The number of aryl methyl sites for hydroxylation is 4. The minimum absolute atomic E-state index is 0.413. The Morgan fingerprint density at radius 1 is 0.970 bits per heavy atom. The Labute approximate surface area is 199 Å². The summed E-state index contributed by atoms with van der Waals surface area (Å²) >= 11 is 0. The fourth-order valence-corrected chi connectivity index (χ4v) is 5.20. The van der Waals surface area contributed by atoms with Gasteiger partial charge in [-0.3, -0.25) is 4.90 Å². The third-order valence-corrected chi connectivity index (χ3v) is 6.96. The SMILES string of the molecule is CCOc1nc(-c2c(CC)cccc2CC)nc(C)c1CN(C)C1CCCc2ccccc21. The number of nitrogens with zero attached hydrogens (tertiary/aromatic N) is 3. The van der Waals surface area contributed by atoms with Gasteiger partial charge >= 0.3 is 0 Å². The van der Waals surface area contributed by atoms with Gasteiger partial charge in [-0.2, -0.15) is 4.98 Å². The summed E-state index contributed by atoms with van der Waals surface area (Å²) in [4.78, 5) is 12.5. The summed E-state index contributed by atoms with van der Waals surface area (Å²) in [7, 11) is 2.22. The number of hydrogen-bond donors (Lipinski definition) is 0. The molecule has 4 heteroatoms. The summed E-state index contributed by atoms with van der Waals surface area (Å²) in [5, 5.41) is 0. The Balaban J connectivity index is 1.71. The normalized spacial score (nSPS) is 15.5. The standard InChI is InChI=1S/C29H37N3O/c1-6-21-14-11-15-22(7-2)27(21)28-30-20(4)25(29(31-28)33-8-3)19-32(5)26-18-12-16-23-13-9-10-17-24(23)26/h9-11,13-15,17,26H,6-8,12,16,18-19H2,1-5H3. The van der Waals surface area contributed by atoms with Crippen LogP contribution in [0, 0.1) is 6.92 Å². The zero-order valence-electron chi connectivity index (χ0n) is 20.8. The van der Waals surface area contributed by atoms with Crippen molar-refractivity contribution in [3.8, 4) is 17.3 Å². The molecule has 4 rings (SSSR count). The van der Waals surface area contributed by atoms with E-state index in [2.05, 4.69) is 75.2 Å². The summed E-state index contributed by atoms with van der Waals surface area (Å²) in [6, 6.07) is 15.8. The van der Waals surface area contributed by atoms with E-state index in [-0.39, 0.29) is 0 Å². The molecule has 0 saturated heterocycles. The topological polar surface area (TPSA) is 38.3 Å². The molecule has 1 heterocycles. The quantitative estimate of drug-likeness (QED) is 0.399. The lowest BCUT2D eigenvalue weighted by atomic mass is 9.87. The molecule has 1 unspecified atom stereocenters. The van der Waals surface area contributed by atoms with Gasteiger partial charge < -0.3 is 4.74 Å². The minimum Gasteiger partial charge on any atom is -0.478 e. The summed E-state index contributed by atoms with van der Waals surface area (Å²) in [6.07, 6.45) is 5.51. The maximum absolute atomic E-state index is 6.11. The zero-order valence-corrected chi connectivity index (χ0v) is 20.8. The zero-order chi connectivity index (χ0) is 23.4.